The van der Waals surface area contributed by atoms with Crippen LogP contribution in [-0.2, 0) is 16.0 Å². The second kappa shape index (κ2) is 11.7. The number of hydrogen-bond donors (Lipinski definition) is 2. The molecule has 2 aliphatic heterocycles. The Labute approximate surface area is 254 Å². The van der Waals surface area contributed by atoms with Gasteiger partial charge in [0.05, 0.1) is 47.3 Å². The van der Waals surface area contributed by atoms with Crippen LogP contribution in [0.3, 0.4) is 0 Å². The first-order valence-corrected chi connectivity index (χ1v) is 15.4. The van der Waals surface area contributed by atoms with Gasteiger partial charge < -0.3 is 30.3 Å². The summed E-state index contributed by atoms with van der Waals surface area (Å²) in [5.41, 5.74) is 9.70. The molecule has 2 aliphatic rings. The zero-order chi connectivity index (χ0) is 30.1. The summed E-state index contributed by atoms with van der Waals surface area (Å²) in [4.78, 5) is 38.3. The van der Waals surface area contributed by atoms with E-state index in [1.54, 1.807) is 13.3 Å². The minimum absolute atomic E-state index is 0.0464. The van der Waals surface area contributed by atoms with Crippen LogP contribution in [0.25, 0.3) is 21.3 Å². The van der Waals surface area contributed by atoms with Crippen LogP contribution >= 0.6 is 11.3 Å². The molecule has 2 amide bonds. The third kappa shape index (κ3) is 5.56. The van der Waals surface area contributed by atoms with Crippen molar-refractivity contribution in [3.8, 4) is 22.6 Å². The van der Waals surface area contributed by atoms with E-state index in [-0.39, 0.29) is 18.1 Å². The maximum atomic E-state index is 12.0. The van der Waals surface area contributed by atoms with E-state index in [0.29, 0.717) is 23.0 Å². The zero-order valence-corrected chi connectivity index (χ0v) is 25.4. The van der Waals surface area contributed by atoms with E-state index in [2.05, 4.69) is 27.3 Å². The first-order chi connectivity index (χ1) is 20.8. The van der Waals surface area contributed by atoms with Crippen LogP contribution in [-0.4, -0.2) is 65.6 Å². The number of fused-ring (bicyclic) bond motifs is 1. The quantitative estimate of drug-likeness (QED) is 0.240. The van der Waals surface area contributed by atoms with Crippen molar-refractivity contribution in [1.82, 2.24) is 14.9 Å². The number of nitrogens with two attached hydrogens (primary N) is 1. The van der Waals surface area contributed by atoms with Crippen molar-refractivity contribution in [3.05, 3.63) is 53.5 Å². The fourth-order valence-corrected chi connectivity index (χ4v) is 7.47. The third-order valence-electron chi connectivity index (χ3n) is 8.26. The number of primary amides is 1. The predicted octanol–water partition coefficient (Wildman–Crippen LogP) is 5.13. The zero-order valence-electron chi connectivity index (χ0n) is 24.6. The average Bonchev–Trinajstić information content (AvgIpc) is 3.70. The maximum Gasteiger partial charge on any atom is 0.227 e. The van der Waals surface area contributed by atoms with Crippen molar-refractivity contribution in [1.29, 1.82) is 0 Å². The van der Waals surface area contributed by atoms with Crippen molar-refractivity contribution in [2.75, 3.05) is 37.0 Å². The summed E-state index contributed by atoms with van der Waals surface area (Å²) in [7, 11) is 1.62. The SMILES string of the molecule is COc1ccccc1-c1c(CC(N)=O)sc2cnc(Nc3ccc(N4CCC5(CCCN5C=O)C4)cc3OC(C)C)nc12. The molecule has 0 radical (unpaired) electrons. The van der Waals surface area contributed by atoms with E-state index in [1.807, 2.05) is 49.1 Å². The number of rotatable bonds is 10. The van der Waals surface area contributed by atoms with Crippen LogP contribution in [0.5, 0.6) is 11.5 Å². The van der Waals surface area contributed by atoms with Crippen molar-refractivity contribution >= 4 is 51.2 Å². The lowest BCUT2D eigenvalue weighted by atomic mass is 9.96. The molecule has 2 aromatic heterocycles. The fraction of sp³-hybridized carbons (Fsp3) is 0.375. The lowest BCUT2D eigenvalue weighted by Crippen LogP contribution is -2.45. The van der Waals surface area contributed by atoms with Gasteiger partial charge in [-0.15, -0.1) is 11.3 Å². The Morgan fingerprint density at radius 2 is 2.02 bits per heavy atom. The van der Waals surface area contributed by atoms with Gasteiger partial charge in [0.1, 0.15) is 11.5 Å². The smallest absolute Gasteiger partial charge is 0.227 e. The molecule has 1 spiro atoms. The van der Waals surface area contributed by atoms with Gasteiger partial charge in [-0.05, 0) is 51.3 Å². The maximum absolute atomic E-state index is 12.0. The molecule has 6 rings (SSSR count). The Morgan fingerprint density at radius 3 is 2.79 bits per heavy atom. The minimum Gasteiger partial charge on any atom is -0.496 e. The van der Waals surface area contributed by atoms with E-state index in [1.165, 1.54) is 11.3 Å². The van der Waals surface area contributed by atoms with E-state index >= 15 is 0 Å². The Balaban J connectivity index is 1.34. The highest BCUT2D eigenvalue weighted by Crippen LogP contribution is 2.43. The van der Waals surface area contributed by atoms with Gasteiger partial charge in [0, 0.05) is 47.4 Å². The standard InChI is InChI=1S/C32H36N6O4S/c1-20(2)42-25-15-21(37-14-12-32(18-37)11-6-13-38(32)19-39)9-10-23(25)35-31-34-17-27-30(36-31)29(26(43-27)16-28(33)40)22-7-4-5-8-24(22)41-3/h4-5,7-10,15,17,19-20H,6,11-14,16,18H2,1-3H3,(H2,33,40)(H,34,35,36). The molecule has 0 saturated carbocycles. The summed E-state index contributed by atoms with van der Waals surface area (Å²) < 4.78 is 12.7. The van der Waals surface area contributed by atoms with Gasteiger partial charge >= 0.3 is 0 Å². The second-order valence-electron chi connectivity index (χ2n) is 11.4. The van der Waals surface area contributed by atoms with Crippen LogP contribution in [0.4, 0.5) is 17.3 Å². The number of nitrogens with zero attached hydrogens (tertiary/aromatic N) is 4. The van der Waals surface area contributed by atoms with Crippen LogP contribution in [0.2, 0.25) is 0 Å². The molecule has 224 valence electrons. The molecule has 4 aromatic rings. The lowest BCUT2D eigenvalue weighted by molar-refractivity contribution is -0.121. The number of anilines is 3. The molecule has 3 N–H and O–H groups in total. The Morgan fingerprint density at radius 1 is 1.19 bits per heavy atom. The summed E-state index contributed by atoms with van der Waals surface area (Å²) in [5.74, 6) is 1.36. The molecule has 0 aliphatic carbocycles. The normalized spacial score (nSPS) is 18.1. The number of carbonyl (C=O) groups is 2. The number of hydrogen-bond acceptors (Lipinski definition) is 9. The number of ether oxygens (including phenoxy) is 2. The lowest BCUT2D eigenvalue weighted by Gasteiger charge is -2.32. The number of thiophene rings is 1. The van der Waals surface area contributed by atoms with Crippen molar-refractivity contribution in [2.24, 2.45) is 5.73 Å². The minimum atomic E-state index is -0.416. The number of benzene rings is 2. The predicted molar refractivity (Wildman–Crippen MR) is 169 cm³/mol. The van der Waals surface area contributed by atoms with Gasteiger partial charge in [-0.3, -0.25) is 9.59 Å². The molecule has 2 aromatic carbocycles. The van der Waals surface area contributed by atoms with E-state index in [9.17, 15) is 9.59 Å². The molecular formula is C32H36N6O4S. The summed E-state index contributed by atoms with van der Waals surface area (Å²) >= 11 is 1.45. The molecule has 1 unspecified atom stereocenters. The van der Waals surface area contributed by atoms with Gasteiger partial charge in [0.15, 0.2) is 0 Å². The molecule has 2 saturated heterocycles. The molecular weight excluding hydrogens is 564 g/mol. The van der Waals surface area contributed by atoms with E-state index < -0.39 is 5.91 Å². The highest BCUT2D eigenvalue weighted by atomic mass is 32.1. The highest BCUT2D eigenvalue weighted by molar-refractivity contribution is 7.19. The molecule has 4 heterocycles. The van der Waals surface area contributed by atoms with Gasteiger partial charge in [0.2, 0.25) is 18.3 Å². The molecule has 2 fully saturated rings. The van der Waals surface area contributed by atoms with Gasteiger partial charge in [-0.1, -0.05) is 18.2 Å². The van der Waals surface area contributed by atoms with Crippen molar-refractivity contribution in [2.45, 2.75) is 51.2 Å². The Hall–Kier alpha value is -4.38. The molecule has 43 heavy (non-hydrogen) atoms. The average molecular weight is 601 g/mol. The fourth-order valence-electron chi connectivity index (χ4n) is 6.33. The van der Waals surface area contributed by atoms with Crippen LogP contribution in [0.15, 0.2) is 48.7 Å². The van der Waals surface area contributed by atoms with Gasteiger partial charge in [-0.2, -0.15) is 0 Å². The topological polar surface area (TPSA) is 123 Å². The number of aromatic nitrogens is 2. The monoisotopic (exact) mass is 600 g/mol. The summed E-state index contributed by atoms with van der Waals surface area (Å²) in [5, 5.41) is 3.37. The molecule has 11 heteroatoms. The molecule has 10 nitrogen and oxygen atoms in total. The highest BCUT2D eigenvalue weighted by Gasteiger charge is 2.45. The summed E-state index contributed by atoms with van der Waals surface area (Å²) in [6.45, 7) is 6.52. The van der Waals surface area contributed by atoms with Crippen molar-refractivity contribution < 1.29 is 19.1 Å². The van der Waals surface area contributed by atoms with Crippen LogP contribution < -0.4 is 25.4 Å². The van der Waals surface area contributed by atoms with Crippen LogP contribution in [0, 0.1) is 0 Å². The Bertz CT molecular complexity index is 1670. The largest absolute Gasteiger partial charge is 0.496 e. The Kier molecular flexibility index (Phi) is 7.83. The van der Waals surface area contributed by atoms with E-state index in [0.717, 1.165) is 77.4 Å². The number of nitrogens with one attached hydrogen (secondary N) is 1. The first kappa shape index (κ1) is 28.7. The number of likely N-dealkylation sites (tertiary alicyclic amines) is 1. The second-order valence-corrected chi connectivity index (χ2v) is 12.6. The first-order valence-electron chi connectivity index (χ1n) is 14.5. The summed E-state index contributed by atoms with van der Waals surface area (Å²) in [6.07, 6.45) is 5.87. The number of para-hydroxylation sites is 1. The van der Waals surface area contributed by atoms with Crippen molar-refractivity contribution in [3.63, 3.8) is 0 Å². The van der Waals surface area contributed by atoms with Gasteiger partial charge in [0.25, 0.3) is 0 Å². The molecule has 1 atom stereocenters. The number of amides is 2. The van der Waals surface area contributed by atoms with Gasteiger partial charge in [-0.25, -0.2) is 9.97 Å². The third-order valence-corrected chi connectivity index (χ3v) is 9.38. The number of methoxy groups -OCH3 is 1. The van der Waals surface area contributed by atoms with Crippen LogP contribution in [0.1, 0.15) is 38.0 Å². The van der Waals surface area contributed by atoms with E-state index in [4.69, 9.17) is 20.2 Å². The molecule has 0 bridgehead atoms. The summed E-state index contributed by atoms with van der Waals surface area (Å²) in [6, 6.07) is 13.8. The number of carbonyl (C=O) groups excluding carboxylic acids is 2.